The quantitative estimate of drug-likeness (QED) is 0.319. The molecule has 1 unspecified atom stereocenters. The normalized spacial score (nSPS) is 15.9. The van der Waals surface area contributed by atoms with Gasteiger partial charge in [0.05, 0.1) is 22.5 Å². The van der Waals surface area contributed by atoms with Crippen LogP contribution in [0.25, 0.3) is 11.0 Å². The predicted octanol–water partition coefficient (Wildman–Crippen LogP) is 5.46. The highest BCUT2D eigenvalue weighted by Gasteiger charge is 2.30. The van der Waals surface area contributed by atoms with Crippen molar-refractivity contribution in [2.24, 2.45) is 13.0 Å². The van der Waals surface area contributed by atoms with Gasteiger partial charge in [0.1, 0.15) is 17.3 Å². The van der Waals surface area contributed by atoms with E-state index < -0.39 is 11.7 Å². The number of carbonyl (C=O) groups excluding carboxylic acids is 1. The molecular weight excluding hydrogens is 485 g/mol. The van der Waals surface area contributed by atoms with E-state index in [-0.39, 0.29) is 11.8 Å². The van der Waals surface area contributed by atoms with Crippen LogP contribution in [0, 0.1) is 5.92 Å². The van der Waals surface area contributed by atoms with Gasteiger partial charge in [0, 0.05) is 37.6 Å². The maximum absolute atomic E-state index is 12.8. The first-order chi connectivity index (χ1) is 17.8. The van der Waals surface area contributed by atoms with E-state index >= 15 is 0 Å². The van der Waals surface area contributed by atoms with Gasteiger partial charge in [0.25, 0.3) is 0 Å². The number of hydrogen-bond donors (Lipinski definition) is 3. The first kappa shape index (κ1) is 24.6. The molecule has 3 N–H and O–H groups in total. The fourth-order valence-electron chi connectivity index (χ4n) is 4.21. The lowest BCUT2D eigenvalue weighted by molar-refractivity contribution is -0.137. The number of aryl methyl sites for hydroxylation is 1. The Labute approximate surface area is 210 Å². The average molecular weight is 511 g/mol. The van der Waals surface area contributed by atoms with Gasteiger partial charge in [0.15, 0.2) is 0 Å². The molecule has 5 rings (SSSR count). The molecule has 4 aromatic rings. The number of fused-ring (bicyclic) bond motifs is 1. The van der Waals surface area contributed by atoms with Crippen molar-refractivity contribution in [3.05, 3.63) is 66.4 Å². The fraction of sp³-hybridized carbons (Fsp3) is 0.269. The number of pyridine rings is 1. The number of rotatable bonds is 6. The van der Waals surface area contributed by atoms with Gasteiger partial charge in [-0.2, -0.15) is 13.2 Å². The van der Waals surface area contributed by atoms with Crippen LogP contribution in [0.15, 0.2) is 60.8 Å². The van der Waals surface area contributed by atoms with Crippen molar-refractivity contribution in [3.8, 4) is 11.5 Å². The molecule has 192 valence electrons. The molecule has 1 aliphatic rings. The zero-order chi connectivity index (χ0) is 26.0. The molecule has 1 aliphatic heterocycles. The van der Waals surface area contributed by atoms with Gasteiger partial charge >= 0.3 is 6.18 Å². The lowest BCUT2D eigenvalue weighted by atomic mass is 9.99. The van der Waals surface area contributed by atoms with E-state index in [9.17, 15) is 18.0 Å². The monoisotopic (exact) mass is 510 g/mol. The Balaban J connectivity index is 1.29. The highest BCUT2D eigenvalue weighted by Crippen LogP contribution is 2.32. The molecule has 2 aromatic carbocycles. The average Bonchev–Trinajstić information content (AvgIpc) is 3.18. The summed E-state index contributed by atoms with van der Waals surface area (Å²) in [5.41, 5.74) is 1.22. The summed E-state index contributed by atoms with van der Waals surface area (Å²) in [5, 5.41) is 9.14. The molecule has 3 heterocycles. The first-order valence-corrected chi connectivity index (χ1v) is 11.8. The molecule has 1 fully saturated rings. The van der Waals surface area contributed by atoms with Crippen molar-refractivity contribution in [2.45, 2.75) is 19.0 Å². The molecule has 0 aliphatic carbocycles. The summed E-state index contributed by atoms with van der Waals surface area (Å²) in [6, 6.07) is 13.5. The summed E-state index contributed by atoms with van der Waals surface area (Å²) < 4.78 is 46.3. The Kier molecular flexibility index (Phi) is 6.70. The van der Waals surface area contributed by atoms with Gasteiger partial charge < -0.3 is 25.3 Å². The summed E-state index contributed by atoms with van der Waals surface area (Å²) in [6.07, 6.45) is -1.02. The molecule has 0 spiro atoms. The van der Waals surface area contributed by atoms with Crippen LogP contribution in [0.2, 0.25) is 0 Å². The minimum Gasteiger partial charge on any atom is -0.457 e. The van der Waals surface area contributed by atoms with Crippen LogP contribution in [0.3, 0.4) is 0 Å². The smallest absolute Gasteiger partial charge is 0.416 e. The number of nitrogens with one attached hydrogen (secondary N) is 3. The Morgan fingerprint density at radius 1 is 1.11 bits per heavy atom. The molecule has 1 amide bonds. The van der Waals surface area contributed by atoms with Crippen LogP contribution < -0.4 is 20.7 Å². The third-order valence-corrected chi connectivity index (χ3v) is 6.21. The van der Waals surface area contributed by atoms with Crippen molar-refractivity contribution in [2.75, 3.05) is 23.7 Å². The summed E-state index contributed by atoms with van der Waals surface area (Å²) in [5.74, 6) is 1.77. The summed E-state index contributed by atoms with van der Waals surface area (Å²) in [4.78, 5) is 21.3. The van der Waals surface area contributed by atoms with Crippen molar-refractivity contribution >= 4 is 34.4 Å². The number of piperidine rings is 1. The number of amides is 1. The largest absolute Gasteiger partial charge is 0.457 e. The number of hydrogen-bond acceptors (Lipinski definition) is 6. The first-order valence-electron chi connectivity index (χ1n) is 11.8. The van der Waals surface area contributed by atoms with Crippen molar-refractivity contribution in [1.82, 2.24) is 19.9 Å². The van der Waals surface area contributed by atoms with E-state index in [0.717, 1.165) is 37.0 Å². The molecule has 8 nitrogen and oxygen atoms in total. The fourth-order valence-corrected chi connectivity index (χ4v) is 4.21. The van der Waals surface area contributed by atoms with Gasteiger partial charge in [-0.25, -0.2) is 9.97 Å². The molecule has 0 saturated carbocycles. The van der Waals surface area contributed by atoms with Crippen LogP contribution in [0.5, 0.6) is 11.5 Å². The second kappa shape index (κ2) is 10.1. The third kappa shape index (κ3) is 5.67. The minimum absolute atomic E-state index is 0.0696. The Morgan fingerprint density at radius 3 is 2.62 bits per heavy atom. The molecule has 0 bridgehead atoms. The number of carbonyl (C=O) groups is 1. The number of ether oxygens (including phenoxy) is 1. The van der Waals surface area contributed by atoms with Crippen LogP contribution in [0.4, 0.5) is 30.6 Å². The third-order valence-electron chi connectivity index (χ3n) is 6.21. The van der Waals surface area contributed by atoms with Crippen LogP contribution in [-0.4, -0.2) is 33.5 Å². The van der Waals surface area contributed by atoms with Gasteiger partial charge in [-0.05, 0) is 61.9 Å². The Bertz CT molecular complexity index is 1410. The molecular formula is C26H25F3N6O2. The zero-order valence-electron chi connectivity index (χ0n) is 20.0. The molecule has 2 aromatic heterocycles. The number of aromatic nitrogens is 3. The maximum Gasteiger partial charge on any atom is 0.416 e. The van der Waals surface area contributed by atoms with Crippen molar-refractivity contribution in [3.63, 3.8) is 0 Å². The number of nitrogens with zero attached hydrogens (tertiary/aromatic N) is 3. The van der Waals surface area contributed by atoms with Crippen molar-refractivity contribution < 1.29 is 22.7 Å². The molecule has 1 atom stereocenters. The summed E-state index contributed by atoms with van der Waals surface area (Å²) >= 11 is 0. The maximum atomic E-state index is 12.8. The molecule has 11 heteroatoms. The zero-order valence-corrected chi connectivity index (χ0v) is 20.0. The summed E-state index contributed by atoms with van der Waals surface area (Å²) in [6.45, 7) is 1.58. The highest BCUT2D eigenvalue weighted by atomic mass is 19.4. The Morgan fingerprint density at radius 2 is 1.89 bits per heavy atom. The number of imidazole rings is 1. The topological polar surface area (TPSA) is 93.1 Å². The van der Waals surface area contributed by atoms with Crippen LogP contribution in [0.1, 0.15) is 18.4 Å². The number of alkyl halides is 3. The van der Waals surface area contributed by atoms with Crippen LogP contribution in [-0.2, 0) is 18.0 Å². The van der Waals surface area contributed by atoms with E-state index in [0.29, 0.717) is 41.0 Å². The molecule has 0 radical (unpaired) electrons. The van der Waals surface area contributed by atoms with E-state index in [1.54, 1.807) is 35.0 Å². The van der Waals surface area contributed by atoms with E-state index in [1.807, 2.05) is 13.1 Å². The van der Waals surface area contributed by atoms with Crippen molar-refractivity contribution in [1.29, 1.82) is 0 Å². The second-order valence-electron chi connectivity index (χ2n) is 8.86. The standard InChI is InChI=1S/C26H25F3N6O2/c1-35-22-9-8-19(13-21(22)33-25(35)32-18-6-4-17(5-7-18)26(27,28)29)37-20-10-12-31-23(14-20)34-24(36)16-3-2-11-30-15-16/h4-10,12-14,16,30H,2-3,11,15H2,1H3,(H,32,33)(H,31,34,36). The number of halogens is 3. The van der Waals surface area contributed by atoms with E-state index in [2.05, 4.69) is 25.9 Å². The molecule has 37 heavy (non-hydrogen) atoms. The summed E-state index contributed by atoms with van der Waals surface area (Å²) in [7, 11) is 1.81. The lowest BCUT2D eigenvalue weighted by Gasteiger charge is -2.21. The predicted molar refractivity (Wildman–Crippen MR) is 134 cm³/mol. The lowest BCUT2D eigenvalue weighted by Crippen LogP contribution is -2.37. The van der Waals surface area contributed by atoms with Gasteiger partial charge in [0.2, 0.25) is 11.9 Å². The number of benzene rings is 2. The minimum atomic E-state index is -4.39. The SMILES string of the molecule is Cn1c(Nc2ccc(C(F)(F)F)cc2)nc2cc(Oc3ccnc(NC(=O)C4CCCNC4)c3)ccc21. The van der Waals surface area contributed by atoms with Crippen LogP contribution >= 0.6 is 0 Å². The van der Waals surface area contributed by atoms with E-state index in [4.69, 9.17) is 4.74 Å². The van der Waals surface area contributed by atoms with Gasteiger partial charge in [-0.15, -0.1) is 0 Å². The van der Waals surface area contributed by atoms with Gasteiger partial charge in [-0.1, -0.05) is 0 Å². The number of anilines is 3. The molecule has 1 saturated heterocycles. The Hall–Kier alpha value is -4.12. The van der Waals surface area contributed by atoms with Gasteiger partial charge in [-0.3, -0.25) is 4.79 Å². The highest BCUT2D eigenvalue weighted by molar-refractivity contribution is 5.92. The second-order valence-corrected chi connectivity index (χ2v) is 8.86. The van der Waals surface area contributed by atoms with E-state index in [1.165, 1.54) is 12.1 Å².